The van der Waals surface area contributed by atoms with Crippen LogP contribution in [-0.2, 0) is 30.4 Å². The maximum Gasteiger partial charge on any atom is 0.418 e. The molecule has 1 atom stereocenters. The van der Waals surface area contributed by atoms with E-state index in [2.05, 4.69) is 15.3 Å². The van der Waals surface area contributed by atoms with Crippen LogP contribution in [0.25, 0.3) is 0 Å². The van der Waals surface area contributed by atoms with Gasteiger partial charge in [0, 0.05) is 37.5 Å². The molecule has 1 unspecified atom stereocenters. The van der Waals surface area contributed by atoms with Gasteiger partial charge in [-0.1, -0.05) is 35.3 Å². The fraction of sp³-hybridized carbons (Fsp3) is 0.207. The van der Waals surface area contributed by atoms with E-state index in [0.29, 0.717) is 32.2 Å². The monoisotopic (exact) mass is 632 g/mol. The molecule has 4 aromatic rings. The minimum absolute atomic E-state index is 0.0122. The average molecular weight is 633 g/mol. The van der Waals surface area contributed by atoms with E-state index in [1.54, 1.807) is 36.5 Å². The van der Waals surface area contributed by atoms with E-state index in [1.807, 2.05) is 0 Å². The molecule has 1 N–H and O–H groups in total. The first-order valence-electron chi connectivity index (χ1n) is 12.6. The van der Waals surface area contributed by atoms with E-state index in [0.717, 1.165) is 17.4 Å². The zero-order valence-corrected chi connectivity index (χ0v) is 24.2. The fourth-order valence-electron chi connectivity index (χ4n) is 4.72. The zero-order chi connectivity index (χ0) is 30.2. The van der Waals surface area contributed by atoms with E-state index >= 15 is 0 Å². The molecule has 1 aromatic carbocycles. The molecule has 7 nitrogen and oxygen atoms in total. The number of rotatable bonds is 6. The van der Waals surface area contributed by atoms with Crippen LogP contribution in [0.3, 0.4) is 0 Å². The summed E-state index contributed by atoms with van der Waals surface area (Å²) < 4.78 is 39.5. The highest BCUT2D eigenvalue weighted by Crippen LogP contribution is 2.34. The number of halogens is 5. The third-order valence-corrected chi connectivity index (χ3v) is 8.37. The number of hydrogen-bond donors (Lipinski definition) is 1. The quantitative estimate of drug-likeness (QED) is 0.252. The Balaban J connectivity index is 1.40. The van der Waals surface area contributed by atoms with Crippen LogP contribution in [0.15, 0.2) is 60.9 Å². The highest BCUT2D eigenvalue weighted by atomic mass is 35.5. The summed E-state index contributed by atoms with van der Waals surface area (Å²) in [6.45, 7) is 1.28. The fourth-order valence-corrected chi connectivity index (χ4v) is 6.24. The Morgan fingerprint density at radius 3 is 2.57 bits per heavy atom. The summed E-state index contributed by atoms with van der Waals surface area (Å²) in [5.74, 6) is -1.26. The van der Waals surface area contributed by atoms with E-state index in [4.69, 9.17) is 23.2 Å². The number of nitrogens with one attached hydrogen (secondary N) is 1. The third kappa shape index (κ3) is 6.33. The molecule has 0 bridgehead atoms. The number of aromatic nitrogens is 2. The Morgan fingerprint density at radius 2 is 1.90 bits per heavy atom. The molecule has 1 aliphatic heterocycles. The van der Waals surface area contributed by atoms with Gasteiger partial charge in [-0.3, -0.25) is 19.4 Å². The van der Waals surface area contributed by atoms with Gasteiger partial charge in [0.1, 0.15) is 5.82 Å². The van der Waals surface area contributed by atoms with Crippen LogP contribution in [0.2, 0.25) is 9.36 Å². The zero-order valence-electron chi connectivity index (χ0n) is 21.8. The lowest BCUT2D eigenvalue weighted by atomic mass is 10.0. The van der Waals surface area contributed by atoms with Crippen LogP contribution in [0.4, 0.5) is 19.0 Å². The number of anilines is 1. The van der Waals surface area contributed by atoms with Crippen molar-refractivity contribution in [3.63, 3.8) is 0 Å². The standard InChI is InChI=1S/C29H21Cl2F3N4O3S/c1-15-8-25(36-13-20(15)29(32,33)34)37-27(40)19-6-5-16(9-21(19)30)14-38-22(12-18-4-2-3-7-35-18)23(39)10-17-11-24(31)42-26(17)28(38)41/h2-9,11,13,22H,10,12,14H2,1H3,(H,36,37,40). The summed E-state index contributed by atoms with van der Waals surface area (Å²) in [7, 11) is 0. The van der Waals surface area contributed by atoms with Gasteiger partial charge in [0.15, 0.2) is 5.78 Å². The minimum atomic E-state index is -4.56. The van der Waals surface area contributed by atoms with Crippen molar-refractivity contribution in [1.29, 1.82) is 0 Å². The van der Waals surface area contributed by atoms with Gasteiger partial charge in [0.25, 0.3) is 11.8 Å². The first kappa shape index (κ1) is 29.7. The topological polar surface area (TPSA) is 92.3 Å². The number of Topliss-reactive ketones (excluding diaryl/α,β-unsaturated/α-hetero) is 1. The second-order valence-corrected chi connectivity index (χ2v) is 11.8. The number of ketones is 1. The second kappa shape index (κ2) is 11.8. The van der Waals surface area contributed by atoms with Crippen molar-refractivity contribution in [1.82, 2.24) is 14.9 Å². The van der Waals surface area contributed by atoms with Gasteiger partial charge in [-0.15, -0.1) is 11.3 Å². The second-order valence-electron chi connectivity index (χ2n) is 9.67. The number of alkyl halides is 3. The summed E-state index contributed by atoms with van der Waals surface area (Å²) in [6.07, 6.45) is -2.03. The molecule has 0 fully saturated rings. The average Bonchev–Trinajstić information content (AvgIpc) is 3.26. The number of fused-ring (bicyclic) bond motifs is 1. The Kier molecular flexibility index (Phi) is 8.36. The van der Waals surface area contributed by atoms with Crippen molar-refractivity contribution in [3.8, 4) is 0 Å². The van der Waals surface area contributed by atoms with Crippen molar-refractivity contribution in [2.24, 2.45) is 0 Å². The number of pyridine rings is 2. The summed E-state index contributed by atoms with van der Waals surface area (Å²) in [5.41, 5.74) is 0.831. The van der Waals surface area contributed by atoms with Gasteiger partial charge in [0.2, 0.25) is 0 Å². The van der Waals surface area contributed by atoms with Gasteiger partial charge >= 0.3 is 6.18 Å². The first-order valence-corrected chi connectivity index (χ1v) is 14.1. The molecule has 5 rings (SSSR count). The van der Waals surface area contributed by atoms with Gasteiger partial charge in [-0.2, -0.15) is 13.2 Å². The largest absolute Gasteiger partial charge is 0.418 e. The predicted octanol–water partition coefficient (Wildman–Crippen LogP) is 6.80. The molecule has 0 saturated heterocycles. The predicted molar refractivity (Wildman–Crippen MR) is 153 cm³/mol. The molecule has 3 aromatic heterocycles. The van der Waals surface area contributed by atoms with Gasteiger partial charge < -0.3 is 10.2 Å². The van der Waals surface area contributed by atoms with Crippen LogP contribution in [-0.4, -0.2) is 38.5 Å². The van der Waals surface area contributed by atoms with Crippen LogP contribution < -0.4 is 5.32 Å². The highest BCUT2D eigenvalue weighted by molar-refractivity contribution is 7.18. The van der Waals surface area contributed by atoms with Crippen molar-refractivity contribution in [3.05, 3.63) is 109 Å². The van der Waals surface area contributed by atoms with Crippen molar-refractivity contribution < 1.29 is 27.6 Å². The number of carbonyl (C=O) groups excluding carboxylic acids is 3. The number of benzene rings is 1. The normalized spacial score (nSPS) is 15.4. The molecule has 4 heterocycles. The van der Waals surface area contributed by atoms with Crippen molar-refractivity contribution in [2.75, 3.05) is 5.32 Å². The molecule has 42 heavy (non-hydrogen) atoms. The molecular weight excluding hydrogens is 612 g/mol. The number of amides is 2. The lowest BCUT2D eigenvalue weighted by molar-refractivity contribution is -0.138. The van der Waals surface area contributed by atoms with Crippen molar-refractivity contribution >= 4 is 58.0 Å². The summed E-state index contributed by atoms with van der Waals surface area (Å²) >= 11 is 13.7. The number of thiophene rings is 1. The smallest absolute Gasteiger partial charge is 0.323 e. The Bertz CT molecular complexity index is 1700. The van der Waals surface area contributed by atoms with Crippen LogP contribution >= 0.6 is 34.5 Å². The molecule has 13 heteroatoms. The molecule has 2 amide bonds. The number of nitrogens with zero attached hydrogens (tertiary/aromatic N) is 3. The van der Waals surface area contributed by atoms with Gasteiger partial charge in [0.05, 0.1) is 31.4 Å². The van der Waals surface area contributed by atoms with Crippen LogP contribution in [0.1, 0.15) is 48.0 Å². The Hall–Kier alpha value is -3.80. The van der Waals surface area contributed by atoms with Crippen LogP contribution in [0, 0.1) is 6.92 Å². The number of hydrogen-bond acceptors (Lipinski definition) is 6. The third-order valence-electron chi connectivity index (χ3n) is 6.76. The van der Waals surface area contributed by atoms with Crippen molar-refractivity contribution in [2.45, 2.75) is 38.5 Å². The Labute approximate surface area is 252 Å². The SMILES string of the molecule is Cc1cc(NC(=O)c2ccc(CN3C(=O)c4sc(Cl)cc4CC(=O)C3Cc3ccccn3)cc2Cl)ncc1C(F)(F)F. The van der Waals surface area contributed by atoms with E-state index in [1.165, 1.54) is 24.0 Å². The maximum atomic E-state index is 13.7. The molecule has 0 radical (unpaired) electrons. The van der Waals surface area contributed by atoms with E-state index in [-0.39, 0.29) is 53.0 Å². The molecular formula is C29H21Cl2F3N4O3S. The van der Waals surface area contributed by atoms with Gasteiger partial charge in [-0.25, -0.2) is 4.98 Å². The summed E-state index contributed by atoms with van der Waals surface area (Å²) in [6, 6.07) is 11.8. The number of aryl methyl sites for hydroxylation is 1. The molecule has 0 aliphatic carbocycles. The minimum Gasteiger partial charge on any atom is -0.323 e. The van der Waals surface area contributed by atoms with Gasteiger partial charge in [-0.05, 0) is 60.0 Å². The molecule has 0 saturated carbocycles. The van der Waals surface area contributed by atoms with E-state index < -0.39 is 23.7 Å². The maximum absolute atomic E-state index is 13.7. The first-order chi connectivity index (χ1) is 19.9. The summed E-state index contributed by atoms with van der Waals surface area (Å²) in [4.78, 5) is 49.9. The highest BCUT2D eigenvalue weighted by Gasteiger charge is 2.37. The lowest BCUT2D eigenvalue weighted by Gasteiger charge is -2.29. The lowest BCUT2D eigenvalue weighted by Crippen LogP contribution is -2.44. The van der Waals surface area contributed by atoms with E-state index in [9.17, 15) is 27.6 Å². The molecule has 216 valence electrons. The molecule has 0 spiro atoms. The summed E-state index contributed by atoms with van der Waals surface area (Å²) in [5, 5.41) is 2.50. The Morgan fingerprint density at radius 1 is 1.12 bits per heavy atom. The molecule has 1 aliphatic rings. The number of carbonyl (C=O) groups is 3. The van der Waals surface area contributed by atoms with Crippen LogP contribution in [0.5, 0.6) is 0 Å².